The smallest absolute Gasteiger partial charge is 0.329 e. The maximum absolute atomic E-state index is 12.6. The number of para-hydroxylation sites is 1. The summed E-state index contributed by atoms with van der Waals surface area (Å²) in [5.41, 5.74) is 2.75. The van der Waals surface area contributed by atoms with Gasteiger partial charge in [0.15, 0.2) is 0 Å². The van der Waals surface area contributed by atoms with Crippen LogP contribution in [0.3, 0.4) is 0 Å². The molecule has 1 fully saturated rings. The zero-order valence-corrected chi connectivity index (χ0v) is 17.9. The van der Waals surface area contributed by atoms with Crippen molar-refractivity contribution in [2.75, 3.05) is 13.7 Å². The van der Waals surface area contributed by atoms with Crippen LogP contribution in [-0.2, 0) is 20.9 Å². The second kappa shape index (κ2) is 8.45. The predicted octanol–water partition coefficient (Wildman–Crippen LogP) is 4.06. The number of amides is 3. The molecule has 1 aromatic heterocycles. The minimum Gasteiger partial charge on any atom is -0.468 e. The number of rotatable bonds is 5. The predicted molar refractivity (Wildman–Crippen MR) is 118 cm³/mol. The van der Waals surface area contributed by atoms with Crippen molar-refractivity contribution in [3.05, 3.63) is 75.5 Å². The quantitative estimate of drug-likeness (QED) is 0.355. The Bertz CT molecular complexity index is 1250. The van der Waals surface area contributed by atoms with Gasteiger partial charge in [-0.05, 0) is 29.8 Å². The molecule has 158 valence electrons. The number of nitrogens with one attached hydrogen (secondary N) is 1. The largest absolute Gasteiger partial charge is 0.468 e. The number of methoxy groups -OCH3 is 1. The Kier molecular flexibility index (Phi) is 5.71. The number of imide groups is 1. The highest BCUT2D eigenvalue weighted by atomic mass is 35.5. The number of nitrogens with zero attached hydrogens (tertiary/aromatic N) is 2. The minimum atomic E-state index is -0.678. The van der Waals surface area contributed by atoms with Crippen LogP contribution in [0.25, 0.3) is 17.0 Å². The molecule has 1 N–H and O–H groups in total. The van der Waals surface area contributed by atoms with E-state index in [0.29, 0.717) is 16.6 Å². The van der Waals surface area contributed by atoms with Crippen LogP contribution in [0.4, 0.5) is 4.79 Å². The summed E-state index contributed by atoms with van der Waals surface area (Å²) < 4.78 is 6.56. The van der Waals surface area contributed by atoms with Gasteiger partial charge >= 0.3 is 12.0 Å². The number of hydrogen-bond donors (Lipinski definition) is 1. The van der Waals surface area contributed by atoms with Crippen molar-refractivity contribution in [3.63, 3.8) is 0 Å². The number of halogens is 2. The number of fused-ring (bicyclic) bond motifs is 1. The molecule has 0 spiro atoms. The van der Waals surface area contributed by atoms with Gasteiger partial charge in [0.1, 0.15) is 12.2 Å². The molecular weight excluding hydrogens is 441 g/mol. The van der Waals surface area contributed by atoms with Crippen molar-refractivity contribution in [2.24, 2.45) is 0 Å². The average Bonchev–Trinajstić information content (AvgIpc) is 3.23. The lowest BCUT2D eigenvalue weighted by molar-refractivity contribution is -0.143. The van der Waals surface area contributed by atoms with E-state index in [2.05, 4.69) is 10.1 Å². The van der Waals surface area contributed by atoms with Gasteiger partial charge < -0.3 is 14.6 Å². The van der Waals surface area contributed by atoms with Gasteiger partial charge in [0.2, 0.25) is 0 Å². The first kappa shape index (κ1) is 21.0. The highest BCUT2D eigenvalue weighted by molar-refractivity contribution is 6.42. The van der Waals surface area contributed by atoms with E-state index in [9.17, 15) is 14.4 Å². The van der Waals surface area contributed by atoms with Crippen LogP contribution < -0.4 is 5.32 Å². The molecular formula is C22H17Cl2N3O4. The fourth-order valence-corrected chi connectivity index (χ4v) is 3.74. The third-order valence-corrected chi connectivity index (χ3v) is 5.67. The third kappa shape index (κ3) is 4.15. The molecule has 3 amide bonds. The summed E-state index contributed by atoms with van der Waals surface area (Å²) in [4.78, 5) is 37.0. The van der Waals surface area contributed by atoms with E-state index in [-0.39, 0.29) is 5.70 Å². The Morgan fingerprint density at radius 3 is 2.65 bits per heavy atom. The first-order valence-electron chi connectivity index (χ1n) is 9.30. The van der Waals surface area contributed by atoms with Crippen molar-refractivity contribution < 1.29 is 19.1 Å². The zero-order valence-electron chi connectivity index (χ0n) is 16.4. The Morgan fingerprint density at radius 1 is 1.13 bits per heavy atom. The van der Waals surface area contributed by atoms with E-state index >= 15 is 0 Å². The summed E-state index contributed by atoms with van der Waals surface area (Å²) in [6.45, 7) is 0.0902. The summed E-state index contributed by atoms with van der Waals surface area (Å²) in [6, 6.07) is 12.5. The molecule has 1 saturated heterocycles. The van der Waals surface area contributed by atoms with Crippen LogP contribution in [-0.4, -0.2) is 41.0 Å². The van der Waals surface area contributed by atoms with Gasteiger partial charge in [0.05, 0.1) is 17.2 Å². The van der Waals surface area contributed by atoms with E-state index in [0.717, 1.165) is 26.9 Å². The number of hydrogen-bond acceptors (Lipinski definition) is 4. The van der Waals surface area contributed by atoms with E-state index < -0.39 is 24.5 Å². The minimum absolute atomic E-state index is 0.0892. The molecule has 4 rings (SSSR count). The number of aromatic nitrogens is 1. The summed E-state index contributed by atoms with van der Waals surface area (Å²) >= 11 is 12.2. The number of carbonyl (C=O) groups is 3. The molecule has 0 atom stereocenters. The number of urea groups is 1. The van der Waals surface area contributed by atoms with Crippen LogP contribution in [0.2, 0.25) is 10.0 Å². The molecule has 2 aromatic carbocycles. The van der Waals surface area contributed by atoms with Crippen LogP contribution in [0.15, 0.2) is 54.4 Å². The van der Waals surface area contributed by atoms with Crippen molar-refractivity contribution >= 4 is 58.1 Å². The molecule has 1 aliphatic rings. The van der Waals surface area contributed by atoms with Gasteiger partial charge in [-0.25, -0.2) is 9.69 Å². The molecule has 31 heavy (non-hydrogen) atoms. The van der Waals surface area contributed by atoms with Gasteiger partial charge in [-0.2, -0.15) is 0 Å². The molecule has 0 bridgehead atoms. The standard InChI is InChI=1S/C22H17Cl2N3O4/c1-31-20(28)12-27-21(29)18(25-22(27)30)9-14-11-26(19-5-3-2-4-15(14)19)10-13-6-7-16(23)17(24)8-13/h2-9,11H,10,12H2,1H3,(H,25,30)/b18-9+. The molecule has 0 radical (unpaired) electrons. The van der Waals surface area contributed by atoms with Gasteiger partial charge in [-0.3, -0.25) is 9.59 Å². The molecule has 1 aliphatic heterocycles. The summed E-state index contributed by atoms with van der Waals surface area (Å²) in [5.74, 6) is -1.26. The zero-order chi connectivity index (χ0) is 22.1. The normalized spacial score (nSPS) is 15.1. The Morgan fingerprint density at radius 2 is 1.90 bits per heavy atom. The molecule has 2 heterocycles. The number of esters is 1. The van der Waals surface area contributed by atoms with Crippen molar-refractivity contribution in [3.8, 4) is 0 Å². The van der Waals surface area contributed by atoms with Crippen molar-refractivity contribution in [1.82, 2.24) is 14.8 Å². The van der Waals surface area contributed by atoms with Gasteiger partial charge in [0, 0.05) is 29.2 Å². The summed E-state index contributed by atoms with van der Waals surface area (Å²) in [7, 11) is 1.19. The van der Waals surface area contributed by atoms with Crippen LogP contribution in [0.5, 0.6) is 0 Å². The van der Waals surface area contributed by atoms with Gasteiger partial charge in [-0.1, -0.05) is 47.5 Å². The van der Waals surface area contributed by atoms with Crippen LogP contribution in [0, 0.1) is 0 Å². The van der Waals surface area contributed by atoms with E-state index in [1.54, 1.807) is 12.1 Å². The molecule has 0 unspecified atom stereocenters. The van der Waals surface area contributed by atoms with Crippen molar-refractivity contribution in [1.29, 1.82) is 0 Å². The maximum atomic E-state index is 12.6. The average molecular weight is 458 g/mol. The monoisotopic (exact) mass is 457 g/mol. The lowest BCUT2D eigenvalue weighted by Gasteiger charge is -2.08. The SMILES string of the molecule is COC(=O)CN1C(=O)N/C(=C/c2cn(Cc3ccc(Cl)c(Cl)c3)c3ccccc23)C1=O. The highest BCUT2D eigenvalue weighted by Crippen LogP contribution is 2.27. The lowest BCUT2D eigenvalue weighted by atomic mass is 10.1. The van der Waals surface area contributed by atoms with Crippen molar-refractivity contribution in [2.45, 2.75) is 6.54 Å². The first-order chi connectivity index (χ1) is 14.9. The summed E-state index contributed by atoms with van der Waals surface area (Å²) in [5, 5.41) is 4.39. The number of ether oxygens (including phenoxy) is 1. The summed E-state index contributed by atoms with van der Waals surface area (Å²) in [6.07, 6.45) is 3.49. The fourth-order valence-electron chi connectivity index (χ4n) is 3.42. The van der Waals surface area contributed by atoms with E-state index in [1.807, 2.05) is 47.2 Å². The van der Waals surface area contributed by atoms with Gasteiger partial charge in [-0.15, -0.1) is 0 Å². The topological polar surface area (TPSA) is 80.6 Å². The Labute approximate surface area is 187 Å². The number of carbonyl (C=O) groups excluding carboxylic acids is 3. The molecule has 9 heteroatoms. The molecule has 7 nitrogen and oxygen atoms in total. The second-order valence-electron chi connectivity index (χ2n) is 6.93. The molecule has 0 saturated carbocycles. The maximum Gasteiger partial charge on any atom is 0.329 e. The van der Waals surface area contributed by atoms with E-state index in [4.69, 9.17) is 23.2 Å². The van der Waals surface area contributed by atoms with Crippen LogP contribution in [0.1, 0.15) is 11.1 Å². The van der Waals surface area contributed by atoms with Gasteiger partial charge in [0.25, 0.3) is 5.91 Å². The molecule has 3 aromatic rings. The lowest BCUT2D eigenvalue weighted by Crippen LogP contribution is -2.36. The molecule has 0 aliphatic carbocycles. The van der Waals surface area contributed by atoms with E-state index in [1.165, 1.54) is 7.11 Å². The Hall–Kier alpha value is -3.29. The highest BCUT2D eigenvalue weighted by Gasteiger charge is 2.35. The Balaban J connectivity index is 1.69. The second-order valence-corrected chi connectivity index (χ2v) is 7.75. The fraction of sp³-hybridized carbons (Fsp3) is 0.136. The van der Waals surface area contributed by atoms with Crippen LogP contribution >= 0.6 is 23.2 Å². The third-order valence-electron chi connectivity index (χ3n) is 4.93. The number of benzene rings is 2. The first-order valence-corrected chi connectivity index (χ1v) is 10.1.